The van der Waals surface area contributed by atoms with Gasteiger partial charge in [0, 0.05) is 18.6 Å². The van der Waals surface area contributed by atoms with E-state index in [1.807, 2.05) is 0 Å². The molecule has 0 aromatic rings. The highest BCUT2D eigenvalue weighted by molar-refractivity contribution is 4.85. The Balaban J connectivity index is 1.87. The third kappa shape index (κ3) is 4.17. The fraction of sp³-hybridized carbons (Fsp3) is 1.00. The molecule has 19 heavy (non-hydrogen) atoms. The SMILES string of the molecule is CCN1CCCC1CN(C)C1CCCCCCC1O. The van der Waals surface area contributed by atoms with Crippen molar-refractivity contribution in [2.75, 3.05) is 26.7 Å². The molecule has 1 aliphatic carbocycles. The van der Waals surface area contributed by atoms with E-state index >= 15 is 0 Å². The molecular weight excluding hydrogens is 236 g/mol. The Morgan fingerprint density at radius 2 is 1.79 bits per heavy atom. The van der Waals surface area contributed by atoms with Crippen molar-refractivity contribution in [2.24, 2.45) is 0 Å². The summed E-state index contributed by atoms with van der Waals surface area (Å²) in [5.74, 6) is 0. The first-order valence-electron chi connectivity index (χ1n) is 8.34. The number of rotatable bonds is 4. The molecule has 3 atom stereocenters. The van der Waals surface area contributed by atoms with Crippen LogP contribution in [0, 0.1) is 0 Å². The number of likely N-dealkylation sites (tertiary alicyclic amines) is 1. The van der Waals surface area contributed by atoms with Gasteiger partial charge >= 0.3 is 0 Å². The topological polar surface area (TPSA) is 26.7 Å². The summed E-state index contributed by atoms with van der Waals surface area (Å²) in [4.78, 5) is 5.06. The number of nitrogens with zero attached hydrogens (tertiary/aromatic N) is 2. The van der Waals surface area contributed by atoms with Crippen LogP contribution in [0.5, 0.6) is 0 Å². The zero-order valence-corrected chi connectivity index (χ0v) is 12.9. The van der Waals surface area contributed by atoms with Crippen molar-refractivity contribution >= 4 is 0 Å². The number of likely N-dealkylation sites (N-methyl/N-ethyl adjacent to an activating group) is 2. The van der Waals surface area contributed by atoms with Crippen LogP contribution in [0.2, 0.25) is 0 Å². The fourth-order valence-corrected chi connectivity index (χ4v) is 3.95. The van der Waals surface area contributed by atoms with Crippen LogP contribution in [-0.4, -0.2) is 59.8 Å². The average molecular weight is 268 g/mol. The molecule has 1 heterocycles. The molecule has 3 heteroatoms. The maximum atomic E-state index is 10.4. The average Bonchev–Trinajstić information content (AvgIpc) is 2.81. The van der Waals surface area contributed by atoms with Crippen LogP contribution in [0.25, 0.3) is 0 Å². The highest BCUT2D eigenvalue weighted by Crippen LogP contribution is 2.24. The van der Waals surface area contributed by atoms with E-state index < -0.39 is 0 Å². The molecule has 0 aromatic heterocycles. The first-order valence-corrected chi connectivity index (χ1v) is 8.34. The normalized spacial score (nSPS) is 34.4. The van der Waals surface area contributed by atoms with Crippen LogP contribution < -0.4 is 0 Å². The summed E-state index contributed by atoms with van der Waals surface area (Å²) in [5, 5.41) is 10.4. The molecule has 1 saturated carbocycles. The van der Waals surface area contributed by atoms with Gasteiger partial charge in [-0.15, -0.1) is 0 Å². The molecule has 0 amide bonds. The van der Waals surface area contributed by atoms with Gasteiger partial charge in [-0.25, -0.2) is 0 Å². The summed E-state index contributed by atoms with van der Waals surface area (Å²) in [6, 6.07) is 1.10. The lowest BCUT2D eigenvalue weighted by Gasteiger charge is -2.36. The molecule has 3 nitrogen and oxygen atoms in total. The van der Waals surface area contributed by atoms with Crippen molar-refractivity contribution in [1.29, 1.82) is 0 Å². The van der Waals surface area contributed by atoms with Crippen LogP contribution in [0.3, 0.4) is 0 Å². The summed E-state index contributed by atoms with van der Waals surface area (Å²) in [6.45, 7) is 5.84. The van der Waals surface area contributed by atoms with Crippen molar-refractivity contribution in [3.63, 3.8) is 0 Å². The van der Waals surface area contributed by atoms with E-state index in [0.717, 1.165) is 13.0 Å². The Labute approximate surface area is 119 Å². The second kappa shape index (κ2) is 7.61. The Hall–Kier alpha value is -0.120. The Bertz CT molecular complexity index is 259. The summed E-state index contributed by atoms with van der Waals surface area (Å²) >= 11 is 0. The number of hydrogen-bond donors (Lipinski definition) is 1. The van der Waals surface area contributed by atoms with E-state index in [0.29, 0.717) is 12.1 Å². The van der Waals surface area contributed by atoms with E-state index in [2.05, 4.69) is 23.8 Å². The molecule has 0 spiro atoms. The molecule has 2 fully saturated rings. The van der Waals surface area contributed by atoms with E-state index in [-0.39, 0.29) is 6.10 Å². The minimum absolute atomic E-state index is 0.109. The fourth-order valence-electron chi connectivity index (χ4n) is 3.95. The molecule has 3 unspecified atom stereocenters. The van der Waals surface area contributed by atoms with Crippen molar-refractivity contribution in [3.05, 3.63) is 0 Å². The third-order valence-corrected chi connectivity index (χ3v) is 5.16. The standard InChI is InChI=1S/C16H32N2O/c1-3-18-12-8-9-14(18)13-17(2)15-10-6-4-5-7-11-16(15)19/h14-16,19H,3-13H2,1-2H3. The van der Waals surface area contributed by atoms with Crippen molar-refractivity contribution in [2.45, 2.75) is 76.5 Å². The van der Waals surface area contributed by atoms with Crippen LogP contribution in [0.1, 0.15) is 58.3 Å². The summed E-state index contributed by atoms with van der Waals surface area (Å²) < 4.78 is 0. The van der Waals surface area contributed by atoms with Crippen LogP contribution in [-0.2, 0) is 0 Å². The van der Waals surface area contributed by atoms with Crippen molar-refractivity contribution in [3.8, 4) is 0 Å². The second-order valence-corrected chi connectivity index (χ2v) is 6.49. The zero-order chi connectivity index (χ0) is 13.7. The van der Waals surface area contributed by atoms with Gasteiger partial charge < -0.3 is 5.11 Å². The molecule has 1 saturated heterocycles. The number of aliphatic hydroxyl groups is 1. The molecule has 0 aromatic carbocycles. The Morgan fingerprint density at radius 3 is 2.53 bits per heavy atom. The summed E-state index contributed by atoms with van der Waals surface area (Å²) in [5.41, 5.74) is 0. The number of aliphatic hydroxyl groups excluding tert-OH is 1. The molecule has 112 valence electrons. The van der Waals surface area contributed by atoms with Gasteiger partial charge in [-0.3, -0.25) is 9.80 Å². The highest BCUT2D eigenvalue weighted by atomic mass is 16.3. The zero-order valence-electron chi connectivity index (χ0n) is 12.9. The third-order valence-electron chi connectivity index (χ3n) is 5.16. The van der Waals surface area contributed by atoms with Gasteiger partial charge in [-0.1, -0.05) is 32.6 Å². The minimum Gasteiger partial charge on any atom is -0.391 e. The predicted octanol–water partition coefficient (Wildman–Crippen LogP) is 2.49. The largest absolute Gasteiger partial charge is 0.391 e. The van der Waals surface area contributed by atoms with E-state index in [4.69, 9.17) is 0 Å². The van der Waals surface area contributed by atoms with Crippen LogP contribution in [0.15, 0.2) is 0 Å². The van der Waals surface area contributed by atoms with Gasteiger partial charge in [0.15, 0.2) is 0 Å². The van der Waals surface area contributed by atoms with Gasteiger partial charge in [0.05, 0.1) is 6.10 Å². The van der Waals surface area contributed by atoms with Crippen LogP contribution >= 0.6 is 0 Å². The first kappa shape index (κ1) is 15.3. The molecule has 1 aliphatic heterocycles. The molecule has 0 radical (unpaired) electrons. The lowest BCUT2D eigenvalue weighted by molar-refractivity contribution is 0.0336. The summed E-state index contributed by atoms with van der Waals surface area (Å²) in [7, 11) is 2.22. The van der Waals surface area contributed by atoms with Gasteiger partial charge in [0.1, 0.15) is 0 Å². The monoisotopic (exact) mass is 268 g/mol. The van der Waals surface area contributed by atoms with Crippen molar-refractivity contribution in [1.82, 2.24) is 9.80 Å². The van der Waals surface area contributed by atoms with Gasteiger partial charge in [-0.2, -0.15) is 0 Å². The highest BCUT2D eigenvalue weighted by Gasteiger charge is 2.29. The predicted molar refractivity (Wildman–Crippen MR) is 80.4 cm³/mol. The van der Waals surface area contributed by atoms with Crippen LogP contribution in [0.4, 0.5) is 0 Å². The smallest absolute Gasteiger partial charge is 0.0695 e. The van der Waals surface area contributed by atoms with E-state index in [1.54, 1.807) is 0 Å². The molecule has 2 aliphatic rings. The lowest BCUT2D eigenvalue weighted by Crippen LogP contribution is -2.47. The Kier molecular flexibility index (Phi) is 6.11. The lowest BCUT2D eigenvalue weighted by atomic mass is 9.93. The van der Waals surface area contributed by atoms with Crippen molar-refractivity contribution < 1.29 is 5.11 Å². The first-order chi connectivity index (χ1) is 9.22. The molecule has 0 bridgehead atoms. The molecular formula is C16H32N2O. The van der Waals surface area contributed by atoms with Gasteiger partial charge in [-0.05, 0) is 45.8 Å². The van der Waals surface area contributed by atoms with E-state index in [1.165, 1.54) is 58.0 Å². The molecule has 1 N–H and O–H groups in total. The summed E-state index contributed by atoms with van der Waals surface area (Å²) in [6.07, 6.45) is 9.89. The maximum Gasteiger partial charge on any atom is 0.0695 e. The number of hydrogen-bond acceptors (Lipinski definition) is 3. The maximum absolute atomic E-state index is 10.4. The van der Waals surface area contributed by atoms with Gasteiger partial charge in [0.25, 0.3) is 0 Å². The minimum atomic E-state index is -0.109. The van der Waals surface area contributed by atoms with E-state index in [9.17, 15) is 5.11 Å². The Morgan fingerprint density at radius 1 is 1.05 bits per heavy atom. The quantitative estimate of drug-likeness (QED) is 0.848. The molecule has 2 rings (SSSR count). The van der Waals surface area contributed by atoms with Gasteiger partial charge in [0.2, 0.25) is 0 Å². The second-order valence-electron chi connectivity index (χ2n) is 6.49.